The molecule has 0 unspecified atom stereocenters. The lowest BCUT2D eigenvalue weighted by Gasteiger charge is -1.80. The van der Waals surface area contributed by atoms with Gasteiger partial charge in [0.15, 0.2) is 0 Å². The lowest BCUT2D eigenvalue weighted by Crippen LogP contribution is -1.83. The van der Waals surface area contributed by atoms with Crippen molar-refractivity contribution in [1.82, 2.24) is 3.97 Å². The summed E-state index contributed by atoms with van der Waals surface area (Å²) in [6, 6.07) is 1.38. The van der Waals surface area contributed by atoms with Crippen LogP contribution in [0.5, 0.6) is 0 Å². The number of nitro groups is 1. The first-order valence-corrected chi connectivity index (χ1v) is 2.62. The maximum absolute atomic E-state index is 9.97. The Morgan fingerprint density at radius 3 is 2.67 bits per heavy atom. The summed E-state index contributed by atoms with van der Waals surface area (Å²) < 4.78 is 1.33. The number of thiol groups is 1. The Hall–Kier alpha value is -0.970. The molecule has 1 heterocycles. The number of hydrogen-bond donors (Lipinski definition) is 1. The second kappa shape index (κ2) is 2.10. The first-order valence-electron chi connectivity index (χ1n) is 2.22. The fourth-order valence-electron chi connectivity index (χ4n) is 0.482. The molecule has 0 radical (unpaired) electrons. The topological polar surface area (TPSA) is 48.1 Å². The van der Waals surface area contributed by atoms with E-state index in [0.717, 1.165) is 0 Å². The highest BCUT2D eigenvalue weighted by molar-refractivity contribution is 7.78. The van der Waals surface area contributed by atoms with Gasteiger partial charge in [-0.05, 0) is 0 Å². The van der Waals surface area contributed by atoms with Crippen LogP contribution in [0.25, 0.3) is 0 Å². The smallest absolute Gasteiger partial charge is 0.287 e. The van der Waals surface area contributed by atoms with Crippen molar-refractivity contribution in [3.8, 4) is 0 Å². The van der Waals surface area contributed by atoms with Gasteiger partial charge in [-0.25, -0.2) is 0 Å². The van der Waals surface area contributed by atoms with Gasteiger partial charge in [0, 0.05) is 12.3 Å². The number of hydrogen-bond acceptors (Lipinski definition) is 3. The van der Waals surface area contributed by atoms with Gasteiger partial charge in [-0.1, -0.05) is 12.8 Å². The van der Waals surface area contributed by atoms with Gasteiger partial charge in [-0.2, -0.15) is 0 Å². The molecule has 0 saturated heterocycles. The van der Waals surface area contributed by atoms with Gasteiger partial charge in [0.25, 0.3) is 5.69 Å². The van der Waals surface area contributed by atoms with E-state index in [1.54, 1.807) is 0 Å². The number of aromatic nitrogens is 1. The predicted octanol–water partition coefficient (Wildman–Crippen LogP) is 1.09. The highest BCUT2D eigenvalue weighted by Crippen LogP contribution is 2.10. The minimum Gasteiger partial charge on any atom is -0.294 e. The van der Waals surface area contributed by atoms with Gasteiger partial charge in [0.05, 0.1) is 11.1 Å². The van der Waals surface area contributed by atoms with E-state index in [-0.39, 0.29) is 5.69 Å². The van der Waals surface area contributed by atoms with E-state index >= 15 is 0 Å². The maximum Gasteiger partial charge on any atom is 0.287 e. The van der Waals surface area contributed by atoms with E-state index in [9.17, 15) is 10.1 Å². The van der Waals surface area contributed by atoms with Crippen LogP contribution in [0.15, 0.2) is 18.5 Å². The molecule has 1 aromatic rings. The van der Waals surface area contributed by atoms with Crippen molar-refractivity contribution in [3.63, 3.8) is 0 Å². The summed E-state index contributed by atoms with van der Waals surface area (Å²) in [6.07, 6.45) is 2.82. The lowest BCUT2D eigenvalue weighted by molar-refractivity contribution is -0.384. The minimum absolute atomic E-state index is 0.0602. The summed E-state index contributed by atoms with van der Waals surface area (Å²) in [5.41, 5.74) is 0.0602. The van der Waals surface area contributed by atoms with E-state index < -0.39 is 4.92 Å². The van der Waals surface area contributed by atoms with Crippen molar-refractivity contribution in [3.05, 3.63) is 28.6 Å². The van der Waals surface area contributed by atoms with Gasteiger partial charge < -0.3 is 0 Å². The number of nitrogens with zero attached hydrogens (tertiary/aromatic N) is 2. The van der Waals surface area contributed by atoms with Gasteiger partial charge in [-0.15, -0.1) is 0 Å². The third kappa shape index (κ3) is 1.23. The lowest BCUT2D eigenvalue weighted by atomic mass is 10.6. The Morgan fingerprint density at radius 1 is 1.78 bits per heavy atom. The van der Waals surface area contributed by atoms with Crippen molar-refractivity contribution in [2.45, 2.75) is 0 Å². The first kappa shape index (κ1) is 6.15. The monoisotopic (exact) mass is 144 g/mol. The molecule has 0 bridgehead atoms. The Morgan fingerprint density at radius 2 is 2.44 bits per heavy atom. The molecule has 0 spiro atoms. The molecule has 0 aliphatic carbocycles. The molecule has 4 nitrogen and oxygen atoms in total. The third-order valence-electron chi connectivity index (χ3n) is 0.873. The van der Waals surface area contributed by atoms with Gasteiger partial charge in [-0.3, -0.25) is 14.1 Å². The molecular weight excluding hydrogens is 140 g/mol. The van der Waals surface area contributed by atoms with E-state index in [0.29, 0.717) is 0 Å². The average Bonchev–Trinajstić information content (AvgIpc) is 2.14. The van der Waals surface area contributed by atoms with E-state index in [1.165, 1.54) is 22.4 Å². The van der Waals surface area contributed by atoms with Crippen LogP contribution in [0.4, 0.5) is 5.69 Å². The Balaban J connectivity index is 2.98. The van der Waals surface area contributed by atoms with E-state index in [4.69, 9.17) is 0 Å². The molecule has 9 heavy (non-hydrogen) atoms. The summed E-state index contributed by atoms with van der Waals surface area (Å²) in [6.45, 7) is 0. The van der Waals surface area contributed by atoms with Crippen molar-refractivity contribution >= 4 is 18.5 Å². The third-order valence-corrected chi connectivity index (χ3v) is 1.12. The summed E-state index contributed by atoms with van der Waals surface area (Å²) in [7, 11) is 0. The Kier molecular flexibility index (Phi) is 1.44. The minimum atomic E-state index is -0.466. The molecular formula is C4H4N2O2S. The summed E-state index contributed by atoms with van der Waals surface area (Å²) in [4.78, 5) is 9.51. The van der Waals surface area contributed by atoms with Crippen LogP contribution < -0.4 is 0 Å². The average molecular weight is 144 g/mol. The molecule has 0 N–H and O–H groups in total. The second-order valence-electron chi connectivity index (χ2n) is 1.51. The molecule has 0 aliphatic heterocycles. The van der Waals surface area contributed by atoms with Crippen LogP contribution in [0.2, 0.25) is 0 Å². The standard InChI is InChI=1S/C4H4N2O2S/c7-6(8)4-1-2-5(9)3-4/h1-3,9H. The van der Waals surface area contributed by atoms with Crippen molar-refractivity contribution in [2.24, 2.45) is 0 Å². The zero-order valence-electron chi connectivity index (χ0n) is 4.39. The Bertz CT molecular complexity index is 232. The van der Waals surface area contributed by atoms with Crippen molar-refractivity contribution in [1.29, 1.82) is 0 Å². The van der Waals surface area contributed by atoms with Gasteiger partial charge in [0.1, 0.15) is 0 Å². The van der Waals surface area contributed by atoms with Crippen LogP contribution >= 0.6 is 12.8 Å². The zero-order chi connectivity index (χ0) is 6.85. The van der Waals surface area contributed by atoms with Gasteiger partial charge in [0.2, 0.25) is 0 Å². The van der Waals surface area contributed by atoms with Gasteiger partial charge >= 0.3 is 0 Å². The Labute approximate surface area is 56.8 Å². The molecule has 48 valence electrons. The molecule has 0 atom stereocenters. The first-order chi connectivity index (χ1) is 4.20. The van der Waals surface area contributed by atoms with Crippen molar-refractivity contribution in [2.75, 3.05) is 0 Å². The van der Waals surface area contributed by atoms with Crippen LogP contribution in [-0.4, -0.2) is 8.90 Å². The molecule has 5 heteroatoms. The molecule has 1 rings (SSSR count). The highest BCUT2D eigenvalue weighted by Gasteiger charge is 2.03. The van der Waals surface area contributed by atoms with Crippen molar-refractivity contribution < 1.29 is 4.92 Å². The van der Waals surface area contributed by atoms with E-state index in [1.807, 2.05) is 0 Å². The predicted molar refractivity (Wildman–Crippen MR) is 35.5 cm³/mol. The van der Waals surface area contributed by atoms with Crippen LogP contribution in [0, 0.1) is 10.1 Å². The second-order valence-corrected chi connectivity index (χ2v) is 1.97. The van der Waals surface area contributed by atoms with Crippen LogP contribution in [0.3, 0.4) is 0 Å². The molecule has 0 aromatic carbocycles. The molecule has 0 amide bonds. The zero-order valence-corrected chi connectivity index (χ0v) is 5.28. The molecule has 0 aliphatic rings. The fourth-order valence-corrected chi connectivity index (χ4v) is 0.667. The number of rotatable bonds is 1. The maximum atomic E-state index is 9.97. The SMILES string of the molecule is O=[N+]([O-])c1ccn(S)c1. The normalized spacial score (nSPS) is 9.44. The quantitative estimate of drug-likeness (QED) is 0.364. The highest BCUT2D eigenvalue weighted by atomic mass is 32.1. The summed E-state index contributed by atoms with van der Waals surface area (Å²) in [5.74, 6) is 0. The largest absolute Gasteiger partial charge is 0.294 e. The van der Waals surface area contributed by atoms with Crippen LogP contribution in [-0.2, 0) is 0 Å². The fraction of sp³-hybridized carbons (Fsp3) is 0. The molecule has 0 fully saturated rings. The summed E-state index contributed by atoms with van der Waals surface area (Å²) >= 11 is 3.81. The van der Waals surface area contributed by atoms with E-state index in [2.05, 4.69) is 12.8 Å². The molecule has 1 aromatic heterocycles. The summed E-state index contributed by atoms with van der Waals surface area (Å²) in [5, 5.41) is 9.97. The molecule has 0 saturated carbocycles. The van der Waals surface area contributed by atoms with Crippen LogP contribution in [0.1, 0.15) is 0 Å².